The van der Waals surface area contributed by atoms with Crippen molar-refractivity contribution in [2.45, 2.75) is 52.2 Å². The fourth-order valence-corrected chi connectivity index (χ4v) is 5.53. The molecule has 0 aromatic heterocycles. The Hall–Kier alpha value is -2.69. The number of hydrogen-bond acceptors (Lipinski definition) is 4. The average molecular weight is 694 g/mol. The first-order chi connectivity index (χ1) is 18.9. The molecule has 0 heterocycles. The number of rotatable bonds is 12. The molecule has 2 amide bonds. The number of nitrogens with zero attached hydrogens (tertiary/aromatic N) is 2. The molecule has 3 aromatic rings. The van der Waals surface area contributed by atoms with Crippen molar-refractivity contribution < 1.29 is 18.0 Å². The highest BCUT2D eigenvalue weighted by Gasteiger charge is 2.33. The van der Waals surface area contributed by atoms with Crippen LogP contribution >= 0.6 is 31.9 Å². The lowest BCUT2D eigenvalue weighted by molar-refractivity contribution is -0.140. The van der Waals surface area contributed by atoms with Gasteiger partial charge in [0.2, 0.25) is 21.8 Å². The van der Waals surface area contributed by atoms with E-state index in [4.69, 9.17) is 0 Å². The van der Waals surface area contributed by atoms with Crippen LogP contribution in [0.1, 0.15) is 37.0 Å². The van der Waals surface area contributed by atoms with Crippen LogP contribution in [0.15, 0.2) is 81.7 Å². The number of amides is 2. The van der Waals surface area contributed by atoms with E-state index in [9.17, 15) is 18.0 Å². The van der Waals surface area contributed by atoms with E-state index in [2.05, 4.69) is 37.2 Å². The fraction of sp³-hybridized carbons (Fsp3) is 0.333. The van der Waals surface area contributed by atoms with Gasteiger partial charge in [0.05, 0.1) is 11.9 Å². The summed E-state index contributed by atoms with van der Waals surface area (Å²) in [5.41, 5.74) is 2.92. The van der Waals surface area contributed by atoms with Crippen molar-refractivity contribution in [3.63, 3.8) is 0 Å². The van der Waals surface area contributed by atoms with E-state index in [-0.39, 0.29) is 24.9 Å². The average Bonchev–Trinajstić information content (AvgIpc) is 2.91. The third-order valence-electron chi connectivity index (χ3n) is 6.65. The molecule has 0 aliphatic rings. The predicted octanol–water partition coefficient (Wildman–Crippen LogP) is 5.84. The van der Waals surface area contributed by atoms with Gasteiger partial charge < -0.3 is 10.2 Å². The van der Waals surface area contributed by atoms with E-state index >= 15 is 0 Å². The maximum Gasteiger partial charge on any atom is 0.244 e. The van der Waals surface area contributed by atoms with Crippen molar-refractivity contribution >= 4 is 59.4 Å². The maximum atomic E-state index is 14.1. The van der Waals surface area contributed by atoms with E-state index in [0.717, 1.165) is 42.6 Å². The highest BCUT2D eigenvalue weighted by atomic mass is 79.9. The van der Waals surface area contributed by atoms with Crippen molar-refractivity contribution in [3.8, 4) is 0 Å². The molecule has 0 saturated carbocycles. The van der Waals surface area contributed by atoms with Crippen LogP contribution in [-0.2, 0) is 32.6 Å². The molecule has 3 rings (SSSR count). The fourth-order valence-electron chi connectivity index (χ4n) is 4.18. The molecule has 214 valence electrons. The summed E-state index contributed by atoms with van der Waals surface area (Å²) in [7, 11) is -3.82. The molecule has 40 heavy (non-hydrogen) atoms. The maximum absolute atomic E-state index is 14.1. The quantitative estimate of drug-likeness (QED) is 0.259. The first-order valence-electron chi connectivity index (χ1n) is 13.0. The van der Waals surface area contributed by atoms with E-state index in [1.54, 1.807) is 18.2 Å². The van der Waals surface area contributed by atoms with Gasteiger partial charge in [0, 0.05) is 28.0 Å². The Kier molecular flexibility index (Phi) is 11.4. The lowest BCUT2D eigenvalue weighted by atomic mass is 10.0. The van der Waals surface area contributed by atoms with Crippen LogP contribution in [0.4, 0.5) is 5.69 Å². The van der Waals surface area contributed by atoms with Crippen molar-refractivity contribution in [1.82, 2.24) is 10.2 Å². The summed E-state index contributed by atoms with van der Waals surface area (Å²) < 4.78 is 28.7. The molecular weight excluding hydrogens is 658 g/mol. The molecule has 10 heteroatoms. The van der Waals surface area contributed by atoms with Gasteiger partial charge in [-0.2, -0.15) is 0 Å². The van der Waals surface area contributed by atoms with Crippen molar-refractivity contribution in [1.29, 1.82) is 0 Å². The summed E-state index contributed by atoms with van der Waals surface area (Å²) in [6.45, 7) is 5.43. The van der Waals surface area contributed by atoms with Crippen molar-refractivity contribution in [2.75, 3.05) is 17.1 Å². The molecule has 7 nitrogen and oxygen atoms in total. The SMILES string of the molecule is CC[C@H](C)NC(=O)[C@H](Cc1ccccc1)N(Cc1ccc(Br)cc1)C(=O)CN(c1ccc(Br)c(C)c1)S(C)(=O)=O. The molecule has 1 N–H and O–H groups in total. The summed E-state index contributed by atoms with van der Waals surface area (Å²) in [6.07, 6.45) is 2.09. The Morgan fingerprint density at radius 2 is 1.60 bits per heavy atom. The number of carbonyl (C=O) groups is 2. The lowest BCUT2D eigenvalue weighted by Gasteiger charge is -2.34. The molecule has 0 fully saturated rings. The minimum atomic E-state index is -3.82. The number of carbonyl (C=O) groups excluding carboxylic acids is 2. The molecule has 2 atom stereocenters. The van der Waals surface area contributed by atoms with Gasteiger partial charge in [0.25, 0.3) is 0 Å². The van der Waals surface area contributed by atoms with Gasteiger partial charge in [-0.05, 0) is 67.3 Å². The monoisotopic (exact) mass is 691 g/mol. The van der Waals surface area contributed by atoms with Crippen LogP contribution < -0.4 is 9.62 Å². The minimum Gasteiger partial charge on any atom is -0.352 e. The summed E-state index contributed by atoms with van der Waals surface area (Å²) in [6, 6.07) is 21.2. The third-order valence-corrected chi connectivity index (χ3v) is 9.21. The Balaban J connectivity index is 2.06. The Bertz CT molecular complexity index is 1420. The number of aryl methyl sites for hydroxylation is 1. The molecular formula is C30H35Br2N3O4S. The van der Waals surface area contributed by atoms with Gasteiger partial charge in [0.15, 0.2) is 0 Å². The van der Waals surface area contributed by atoms with E-state index in [0.29, 0.717) is 5.69 Å². The van der Waals surface area contributed by atoms with E-state index < -0.39 is 28.5 Å². The van der Waals surface area contributed by atoms with Gasteiger partial charge in [-0.15, -0.1) is 0 Å². The third kappa shape index (κ3) is 8.91. The largest absolute Gasteiger partial charge is 0.352 e. The molecule has 0 aliphatic heterocycles. The summed E-state index contributed by atoms with van der Waals surface area (Å²) >= 11 is 6.89. The minimum absolute atomic E-state index is 0.0892. The standard InChI is InChI=1S/C30H35Br2N3O4S/c1-5-22(3)33-30(37)28(18-23-9-7-6-8-10-23)34(19-24-11-13-25(31)14-12-24)29(36)20-35(40(4,38)39)26-15-16-27(32)21(2)17-26/h6-17,22,28H,5,18-20H2,1-4H3,(H,33,37)/t22-,28-/m0/s1. The smallest absolute Gasteiger partial charge is 0.244 e. The molecule has 0 unspecified atom stereocenters. The van der Waals surface area contributed by atoms with Crippen molar-refractivity contribution in [2.24, 2.45) is 0 Å². The van der Waals surface area contributed by atoms with E-state index in [1.807, 2.05) is 75.4 Å². The zero-order chi connectivity index (χ0) is 29.4. The Morgan fingerprint density at radius 1 is 0.950 bits per heavy atom. The molecule has 0 spiro atoms. The number of anilines is 1. The second-order valence-corrected chi connectivity index (χ2v) is 13.6. The van der Waals surface area contributed by atoms with Crippen LogP contribution in [0.5, 0.6) is 0 Å². The van der Waals surface area contributed by atoms with Crippen LogP contribution in [0.2, 0.25) is 0 Å². The Labute approximate surface area is 254 Å². The van der Waals surface area contributed by atoms with Gasteiger partial charge in [-0.3, -0.25) is 13.9 Å². The van der Waals surface area contributed by atoms with Gasteiger partial charge >= 0.3 is 0 Å². The van der Waals surface area contributed by atoms with Crippen LogP contribution in [0, 0.1) is 6.92 Å². The summed E-state index contributed by atoms with van der Waals surface area (Å²) in [5.74, 6) is -0.761. The van der Waals surface area contributed by atoms with Crippen LogP contribution in [0.25, 0.3) is 0 Å². The normalized spacial score (nSPS) is 12.8. The lowest BCUT2D eigenvalue weighted by Crippen LogP contribution is -2.54. The number of hydrogen-bond donors (Lipinski definition) is 1. The molecule has 0 saturated heterocycles. The first-order valence-corrected chi connectivity index (χ1v) is 16.4. The number of nitrogens with one attached hydrogen (secondary N) is 1. The molecule has 3 aromatic carbocycles. The summed E-state index contributed by atoms with van der Waals surface area (Å²) in [5, 5.41) is 3.03. The zero-order valence-corrected chi connectivity index (χ0v) is 27.1. The molecule has 0 aliphatic carbocycles. The number of benzene rings is 3. The van der Waals surface area contributed by atoms with Crippen molar-refractivity contribution in [3.05, 3.63) is 98.4 Å². The van der Waals surface area contributed by atoms with Gasteiger partial charge in [0.1, 0.15) is 12.6 Å². The first kappa shape index (κ1) is 31.8. The second kappa shape index (κ2) is 14.3. The summed E-state index contributed by atoms with van der Waals surface area (Å²) in [4.78, 5) is 29.3. The topological polar surface area (TPSA) is 86.8 Å². The molecule has 0 bridgehead atoms. The second-order valence-electron chi connectivity index (χ2n) is 9.87. The number of halogens is 2. The molecule has 0 radical (unpaired) electrons. The van der Waals surface area contributed by atoms with Gasteiger partial charge in [-0.1, -0.05) is 81.2 Å². The van der Waals surface area contributed by atoms with Crippen LogP contribution in [0.3, 0.4) is 0 Å². The Morgan fingerprint density at radius 3 is 2.17 bits per heavy atom. The highest BCUT2D eigenvalue weighted by molar-refractivity contribution is 9.10. The zero-order valence-electron chi connectivity index (χ0n) is 23.1. The van der Waals surface area contributed by atoms with E-state index in [1.165, 1.54) is 4.90 Å². The van der Waals surface area contributed by atoms with Gasteiger partial charge in [-0.25, -0.2) is 8.42 Å². The number of sulfonamides is 1. The predicted molar refractivity (Wildman–Crippen MR) is 168 cm³/mol. The highest BCUT2D eigenvalue weighted by Crippen LogP contribution is 2.25. The van der Waals surface area contributed by atoms with Crippen LogP contribution in [-0.4, -0.2) is 50.0 Å².